The fraction of sp³-hybridized carbons (Fsp3) is 0.419. The van der Waals surface area contributed by atoms with Crippen LogP contribution in [0.2, 0.25) is 0 Å². The normalized spacial score (nSPS) is 20.9. The predicted molar refractivity (Wildman–Crippen MR) is 149 cm³/mol. The number of fused-ring (bicyclic) bond motifs is 1. The zero-order chi connectivity index (χ0) is 27.1. The molecule has 0 radical (unpaired) electrons. The molecule has 1 saturated heterocycles. The van der Waals surface area contributed by atoms with Crippen LogP contribution in [0.15, 0.2) is 53.6 Å². The minimum Gasteiger partial charge on any atom is -0.495 e. The molecule has 1 aliphatic carbocycles. The molecule has 6 nitrogen and oxygen atoms in total. The van der Waals surface area contributed by atoms with Crippen molar-refractivity contribution in [2.24, 2.45) is 5.16 Å². The number of amidine groups is 1. The third kappa shape index (κ3) is 4.86. The molecule has 0 N–H and O–H groups in total. The van der Waals surface area contributed by atoms with Crippen molar-refractivity contribution >= 4 is 11.9 Å². The molecule has 1 saturated carbocycles. The van der Waals surface area contributed by atoms with Gasteiger partial charge in [-0.1, -0.05) is 25.1 Å². The van der Waals surface area contributed by atoms with Crippen LogP contribution in [0.5, 0.6) is 5.75 Å². The predicted octanol–water partition coefficient (Wildman–Crippen LogP) is 7.51. The first-order chi connectivity index (χ1) is 18.9. The summed E-state index contributed by atoms with van der Waals surface area (Å²) >= 11 is 0. The maximum Gasteiger partial charge on any atom is 0.194 e. The Labute approximate surface area is 233 Å². The summed E-state index contributed by atoms with van der Waals surface area (Å²) in [5.41, 5.74) is 3.35. The van der Waals surface area contributed by atoms with E-state index in [0.29, 0.717) is 23.7 Å². The number of imidazole rings is 1. The average molecular weight is 553 g/mol. The van der Waals surface area contributed by atoms with Gasteiger partial charge in [0.05, 0.1) is 30.9 Å². The summed E-state index contributed by atoms with van der Waals surface area (Å²) in [6, 6.07) is 7.71. The molecule has 6 rings (SSSR count). The topological polar surface area (TPSA) is 51.9 Å². The van der Waals surface area contributed by atoms with Crippen LogP contribution in [0, 0.1) is 24.4 Å². The van der Waals surface area contributed by atoms with Crippen molar-refractivity contribution in [2.75, 3.05) is 13.7 Å². The van der Waals surface area contributed by atoms with Gasteiger partial charge in [-0.25, -0.2) is 18.2 Å². The van der Waals surface area contributed by atoms with E-state index >= 15 is 0 Å². The first kappa shape index (κ1) is 27.8. The second-order valence-electron chi connectivity index (χ2n) is 10.7. The lowest BCUT2D eigenvalue weighted by atomic mass is 9.75. The fourth-order valence-corrected chi connectivity index (χ4v) is 6.29. The highest BCUT2D eigenvalue weighted by Crippen LogP contribution is 2.49. The van der Waals surface area contributed by atoms with Gasteiger partial charge in [0.2, 0.25) is 0 Å². The van der Waals surface area contributed by atoms with E-state index in [2.05, 4.69) is 21.1 Å². The smallest absolute Gasteiger partial charge is 0.194 e. The number of halogens is 3. The molecule has 0 unspecified atom stereocenters. The first-order valence-electron chi connectivity index (χ1n) is 13.5. The summed E-state index contributed by atoms with van der Waals surface area (Å²) in [5, 5.41) is 4.62. The molecule has 40 heavy (non-hydrogen) atoms. The van der Waals surface area contributed by atoms with E-state index in [4.69, 9.17) is 9.57 Å². The van der Waals surface area contributed by atoms with Gasteiger partial charge in [0, 0.05) is 12.7 Å². The Hall–Kier alpha value is -3.75. The average Bonchev–Trinajstić information content (AvgIpc) is 3.37. The number of hydrogen-bond acceptors (Lipinski definition) is 5. The Morgan fingerprint density at radius 1 is 1.05 bits per heavy atom. The molecule has 9 heteroatoms. The standard InChI is InChI=1S/C30H31F3N4O2.CH4/c1-19-17-36(18-34-19)25-9-8-20(14-26(25)38-2)13-21-7-6-12-37-28(22-15-23(31)27(33)24(32)16-22)30(39-35-29(21)37)10-4-3-5-11-30;/h8-9,13-18,28H,3-7,10-12H2,1-2H3;1H4/b21-13+;/t28-;/m0./s1. The van der Waals surface area contributed by atoms with Crippen molar-refractivity contribution in [3.8, 4) is 11.4 Å². The van der Waals surface area contributed by atoms with Gasteiger partial charge >= 0.3 is 0 Å². The minimum atomic E-state index is -1.45. The maximum atomic E-state index is 14.4. The molecule has 2 fully saturated rings. The number of aromatic nitrogens is 2. The highest BCUT2D eigenvalue weighted by atomic mass is 19.2. The van der Waals surface area contributed by atoms with Crippen molar-refractivity contribution in [3.63, 3.8) is 0 Å². The molecule has 212 valence electrons. The van der Waals surface area contributed by atoms with E-state index in [1.54, 1.807) is 13.4 Å². The van der Waals surface area contributed by atoms with Crippen LogP contribution in [0.25, 0.3) is 11.8 Å². The third-order valence-corrected chi connectivity index (χ3v) is 8.08. The van der Waals surface area contributed by atoms with Crippen molar-refractivity contribution in [3.05, 3.63) is 82.7 Å². The zero-order valence-electron chi connectivity index (χ0n) is 22.1. The summed E-state index contributed by atoms with van der Waals surface area (Å²) < 4.78 is 50.4. The van der Waals surface area contributed by atoms with Gasteiger partial charge in [-0.05, 0) is 92.5 Å². The van der Waals surface area contributed by atoms with E-state index in [9.17, 15) is 13.2 Å². The Morgan fingerprint density at radius 2 is 1.80 bits per heavy atom. The highest BCUT2D eigenvalue weighted by molar-refractivity contribution is 6.03. The summed E-state index contributed by atoms with van der Waals surface area (Å²) in [5.74, 6) is -2.47. The lowest BCUT2D eigenvalue weighted by Crippen LogP contribution is -2.55. The fourth-order valence-electron chi connectivity index (χ4n) is 6.29. The SMILES string of the molecule is C.COc1cc(/C=C2\CCCN3C2=NOC2(CCCCC2)[C@@H]3c2cc(F)c(F)c(F)c2)ccc1-n1cnc(C)c1. The molecule has 2 aromatic carbocycles. The second-order valence-corrected chi connectivity index (χ2v) is 10.7. The molecular formula is C31H35F3N4O2. The Morgan fingerprint density at radius 3 is 2.48 bits per heavy atom. The quantitative estimate of drug-likeness (QED) is 0.314. The molecule has 1 aromatic heterocycles. The van der Waals surface area contributed by atoms with Gasteiger partial charge in [-0.2, -0.15) is 0 Å². The van der Waals surface area contributed by atoms with Crippen LogP contribution in [0.3, 0.4) is 0 Å². The summed E-state index contributed by atoms with van der Waals surface area (Å²) in [7, 11) is 1.64. The Kier molecular flexibility index (Phi) is 7.66. The molecule has 1 atom stereocenters. The Bertz CT molecular complexity index is 1440. The monoisotopic (exact) mass is 552 g/mol. The van der Waals surface area contributed by atoms with Gasteiger partial charge in [0.25, 0.3) is 0 Å². The van der Waals surface area contributed by atoms with Gasteiger partial charge in [-0.3, -0.25) is 0 Å². The van der Waals surface area contributed by atoms with Crippen molar-refractivity contribution in [1.82, 2.24) is 14.5 Å². The van der Waals surface area contributed by atoms with Crippen molar-refractivity contribution in [1.29, 1.82) is 0 Å². The summed E-state index contributed by atoms with van der Waals surface area (Å²) in [6.07, 6.45) is 11.7. The lowest BCUT2D eigenvalue weighted by Gasteiger charge is -2.51. The summed E-state index contributed by atoms with van der Waals surface area (Å²) in [6.45, 7) is 2.60. The molecule has 0 amide bonds. The van der Waals surface area contributed by atoms with Crippen LogP contribution in [0.4, 0.5) is 13.2 Å². The number of methoxy groups -OCH3 is 1. The number of ether oxygens (including phenoxy) is 1. The molecular weight excluding hydrogens is 517 g/mol. The second kappa shape index (κ2) is 11.0. The summed E-state index contributed by atoms with van der Waals surface area (Å²) in [4.78, 5) is 12.7. The molecule has 3 heterocycles. The van der Waals surface area contributed by atoms with Crippen molar-refractivity contribution in [2.45, 2.75) is 70.9 Å². The van der Waals surface area contributed by atoms with Gasteiger partial charge < -0.3 is 19.0 Å². The largest absolute Gasteiger partial charge is 0.495 e. The van der Waals surface area contributed by atoms with Gasteiger partial charge in [0.1, 0.15) is 5.75 Å². The van der Waals surface area contributed by atoms with E-state index in [-0.39, 0.29) is 7.43 Å². The first-order valence-corrected chi connectivity index (χ1v) is 13.5. The van der Waals surface area contributed by atoms with E-state index < -0.39 is 29.1 Å². The Balaban J connectivity index is 0.00000323. The zero-order valence-corrected chi connectivity index (χ0v) is 22.1. The molecule has 1 spiro atoms. The number of piperidine rings is 1. The van der Waals surface area contributed by atoms with Crippen LogP contribution in [-0.4, -0.2) is 39.5 Å². The van der Waals surface area contributed by atoms with Crippen molar-refractivity contribution < 1.29 is 22.7 Å². The van der Waals surface area contributed by atoms with Crippen LogP contribution < -0.4 is 4.74 Å². The van der Waals surface area contributed by atoms with E-state index in [1.165, 1.54) is 0 Å². The van der Waals surface area contributed by atoms with Crippen LogP contribution >= 0.6 is 0 Å². The molecule has 2 aliphatic heterocycles. The number of rotatable bonds is 4. The minimum absolute atomic E-state index is 0. The van der Waals surface area contributed by atoms with Crippen LogP contribution in [-0.2, 0) is 4.84 Å². The number of hydrogen-bond donors (Lipinski definition) is 0. The number of oxime groups is 1. The van der Waals surface area contributed by atoms with Gasteiger partial charge in [-0.15, -0.1) is 0 Å². The molecule has 3 aliphatic rings. The third-order valence-electron chi connectivity index (χ3n) is 8.08. The van der Waals surface area contributed by atoms with E-state index in [1.807, 2.05) is 35.9 Å². The van der Waals surface area contributed by atoms with Gasteiger partial charge in [0.15, 0.2) is 28.9 Å². The number of nitrogens with zero attached hydrogens (tertiary/aromatic N) is 4. The lowest BCUT2D eigenvalue weighted by molar-refractivity contribution is -0.132. The number of aryl methyl sites for hydroxylation is 1. The molecule has 0 bridgehead atoms. The highest BCUT2D eigenvalue weighted by Gasteiger charge is 2.51. The number of benzene rings is 2. The molecule has 3 aromatic rings. The maximum absolute atomic E-state index is 14.4. The van der Waals surface area contributed by atoms with E-state index in [0.717, 1.165) is 79.6 Å². The van der Waals surface area contributed by atoms with Crippen LogP contribution in [0.1, 0.15) is 75.2 Å².